The van der Waals surface area contributed by atoms with Gasteiger partial charge in [-0.05, 0) is 42.3 Å². The molecule has 0 bridgehead atoms. The number of rotatable bonds is 7. The second kappa shape index (κ2) is 11.1. The van der Waals surface area contributed by atoms with Crippen molar-refractivity contribution >= 4 is 35.0 Å². The number of halogens is 1. The van der Waals surface area contributed by atoms with Crippen molar-refractivity contribution in [3.05, 3.63) is 64.7 Å². The fourth-order valence-electron chi connectivity index (χ4n) is 3.46. The van der Waals surface area contributed by atoms with Crippen LogP contribution in [0.5, 0.6) is 0 Å². The van der Waals surface area contributed by atoms with E-state index in [-0.39, 0.29) is 24.3 Å². The Balaban J connectivity index is 1.51. The predicted molar refractivity (Wildman–Crippen MR) is 126 cm³/mol. The molecule has 2 aromatic carbocycles. The minimum absolute atomic E-state index is 0.0351. The monoisotopic (exact) mass is 456 g/mol. The first kappa shape index (κ1) is 23.8. The van der Waals surface area contributed by atoms with Gasteiger partial charge in [-0.2, -0.15) is 0 Å². The Morgan fingerprint density at radius 3 is 2.28 bits per heavy atom. The number of anilines is 1. The van der Waals surface area contributed by atoms with Crippen LogP contribution in [-0.2, 0) is 4.79 Å². The second-order valence-electron chi connectivity index (χ2n) is 8.27. The highest BCUT2D eigenvalue weighted by Gasteiger charge is 2.23. The van der Waals surface area contributed by atoms with Crippen molar-refractivity contribution in [2.45, 2.75) is 13.8 Å². The van der Waals surface area contributed by atoms with E-state index in [0.717, 1.165) is 0 Å². The fourth-order valence-corrected chi connectivity index (χ4v) is 3.59. The molecule has 3 rings (SSSR count). The predicted octanol–water partition coefficient (Wildman–Crippen LogP) is 3.12. The van der Waals surface area contributed by atoms with Crippen molar-refractivity contribution in [2.75, 3.05) is 44.6 Å². The number of piperazine rings is 1. The van der Waals surface area contributed by atoms with Crippen molar-refractivity contribution in [2.24, 2.45) is 5.92 Å². The van der Waals surface area contributed by atoms with E-state index in [9.17, 15) is 14.4 Å². The zero-order valence-corrected chi connectivity index (χ0v) is 19.2. The van der Waals surface area contributed by atoms with Crippen LogP contribution in [0, 0.1) is 5.92 Å². The van der Waals surface area contributed by atoms with Crippen LogP contribution in [0.25, 0.3) is 0 Å². The molecule has 32 heavy (non-hydrogen) atoms. The Bertz CT molecular complexity index is 954. The molecule has 1 aliphatic rings. The third-order valence-corrected chi connectivity index (χ3v) is 5.49. The Morgan fingerprint density at radius 2 is 1.62 bits per heavy atom. The lowest BCUT2D eigenvalue weighted by molar-refractivity contribution is -0.117. The van der Waals surface area contributed by atoms with Gasteiger partial charge in [0.2, 0.25) is 5.91 Å². The fraction of sp³-hybridized carbons (Fsp3) is 0.375. The highest BCUT2D eigenvalue weighted by atomic mass is 35.5. The van der Waals surface area contributed by atoms with Gasteiger partial charge in [-0.15, -0.1) is 0 Å². The Kier molecular flexibility index (Phi) is 8.25. The minimum atomic E-state index is -0.205. The number of carbonyl (C=O) groups is 3. The molecule has 0 aliphatic carbocycles. The van der Waals surface area contributed by atoms with Crippen LogP contribution in [-0.4, -0.2) is 66.8 Å². The van der Waals surface area contributed by atoms with Crippen LogP contribution in [0.15, 0.2) is 48.5 Å². The first-order valence-electron chi connectivity index (χ1n) is 10.8. The highest BCUT2D eigenvalue weighted by molar-refractivity contribution is 6.30. The van der Waals surface area contributed by atoms with Crippen LogP contribution >= 0.6 is 11.6 Å². The van der Waals surface area contributed by atoms with Gasteiger partial charge in [-0.3, -0.25) is 19.3 Å². The average molecular weight is 457 g/mol. The molecule has 0 radical (unpaired) electrons. The molecule has 1 fully saturated rings. The van der Waals surface area contributed by atoms with Crippen LogP contribution in [0.3, 0.4) is 0 Å². The van der Waals surface area contributed by atoms with Crippen LogP contribution in [0.2, 0.25) is 5.02 Å². The Hall–Kier alpha value is -2.90. The summed E-state index contributed by atoms with van der Waals surface area (Å²) >= 11 is 5.89. The molecular formula is C24H29ClN4O3. The molecule has 0 atom stereocenters. The third kappa shape index (κ3) is 6.55. The quantitative estimate of drug-likeness (QED) is 0.670. The summed E-state index contributed by atoms with van der Waals surface area (Å²) in [6, 6.07) is 13.8. The lowest BCUT2D eigenvalue weighted by Crippen LogP contribution is -2.50. The molecule has 3 amide bonds. The van der Waals surface area contributed by atoms with Gasteiger partial charge in [0.15, 0.2) is 0 Å². The smallest absolute Gasteiger partial charge is 0.253 e. The summed E-state index contributed by atoms with van der Waals surface area (Å²) in [6.07, 6.45) is 0. The van der Waals surface area contributed by atoms with Gasteiger partial charge < -0.3 is 15.5 Å². The van der Waals surface area contributed by atoms with Gasteiger partial charge in [-0.1, -0.05) is 37.6 Å². The molecule has 2 aromatic rings. The average Bonchev–Trinajstić information content (AvgIpc) is 2.78. The SMILES string of the molecule is CC(C)CNC(=O)c1ccccc1NC(=O)CN1CCN(C(=O)c2ccc(Cl)cc2)CC1. The normalized spacial score (nSPS) is 14.3. The molecule has 8 heteroatoms. The molecule has 2 N–H and O–H groups in total. The lowest BCUT2D eigenvalue weighted by Gasteiger charge is -2.34. The summed E-state index contributed by atoms with van der Waals surface area (Å²) < 4.78 is 0. The summed E-state index contributed by atoms with van der Waals surface area (Å²) in [7, 11) is 0. The zero-order valence-electron chi connectivity index (χ0n) is 18.4. The summed E-state index contributed by atoms with van der Waals surface area (Å²) in [5, 5.41) is 6.33. The van der Waals surface area contributed by atoms with Gasteiger partial charge in [0.25, 0.3) is 11.8 Å². The van der Waals surface area contributed by atoms with Crippen LogP contribution in [0.1, 0.15) is 34.6 Å². The largest absolute Gasteiger partial charge is 0.352 e. The maximum atomic E-state index is 12.6. The number of nitrogens with zero attached hydrogens (tertiary/aromatic N) is 2. The molecule has 1 aliphatic heterocycles. The van der Waals surface area contributed by atoms with E-state index in [2.05, 4.69) is 10.6 Å². The molecule has 1 heterocycles. The molecule has 7 nitrogen and oxygen atoms in total. The first-order valence-corrected chi connectivity index (χ1v) is 11.2. The lowest BCUT2D eigenvalue weighted by atomic mass is 10.1. The molecule has 1 saturated heterocycles. The van der Waals surface area contributed by atoms with E-state index < -0.39 is 0 Å². The van der Waals surface area contributed by atoms with E-state index >= 15 is 0 Å². The molecule has 170 valence electrons. The number of nitrogens with one attached hydrogen (secondary N) is 2. The second-order valence-corrected chi connectivity index (χ2v) is 8.71. The van der Waals surface area contributed by atoms with Gasteiger partial charge in [0.05, 0.1) is 17.8 Å². The number of carbonyl (C=O) groups excluding carboxylic acids is 3. The molecule has 0 saturated carbocycles. The number of amides is 3. The Morgan fingerprint density at radius 1 is 0.969 bits per heavy atom. The maximum Gasteiger partial charge on any atom is 0.253 e. The van der Waals surface area contributed by atoms with E-state index in [0.29, 0.717) is 60.5 Å². The summed E-state index contributed by atoms with van der Waals surface area (Å²) in [4.78, 5) is 41.5. The maximum absolute atomic E-state index is 12.6. The molecule has 0 unspecified atom stereocenters. The van der Waals surface area contributed by atoms with Gasteiger partial charge in [-0.25, -0.2) is 0 Å². The molecule has 0 aromatic heterocycles. The number of hydrogen-bond acceptors (Lipinski definition) is 4. The Labute approximate surface area is 193 Å². The highest BCUT2D eigenvalue weighted by Crippen LogP contribution is 2.16. The van der Waals surface area contributed by atoms with Crippen LogP contribution < -0.4 is 10.6 Å². The van der Waals surface area contributed by atoms with E-state index in [4.69, 9.17) is 11.6 Å². The molecule has 0 spiro atoms. The zero-order chi connectivity index (χ0) is 23.1. The van der Waals surface area contributed by atoms with Crippen molar-refractivity contribution in [3.63, 3.8) is 0 Å². The van der Waals surface area contributed by atoms with Crippen LogP contribution in [0.4, 0.5) is 5.69 Å². The first-order chi connectivity index (χ1) is 15.3. The number of para-hydroxylation sites is 1. The number of benzene rings is 2. The van der Waals surface area contributed by atoms with Crippen molar-refractivity contribution in [3.8, 4) is 0 Å². The summed E-state index contributed by atoms with van der Waals surface area (Å²) in [5.41, 5.74) is 1.54. The summed E-state index contributed by atoms with van der Waals surface area (Å²) in [5.74, 6) is -0.0893. The van der Waals surface area contributed by atoms with Gasteiger partial charge >= 0.3 is 0 Å². The number of hydrogen-bond donors (Lipinski definition) is 2. The molecular weight excluding hydrogens is 428 g/mol. The van der Waals surface area contributed by atoms with Crippen molar-refractivity contribution in [1.82, 2.24) is 15.1 Å². The van der Waals surface area contributed by atoms with Crippen molar-refractivity contribution < 1.29 is 14.4 Å². The topological polar surface area (TPSA) is 81.8 Å². The van der Waals surface area contributed by atoms with Gasteiger partial charge in [0, 0.05) is 43.3 Å². The minimum Gasteiger partial charge on any atom is -0.352 e. The van der Waals surface area contributed by atoms with E-state index in [1.165, 1.54) is 0 Å². The third-order valence-electron chi connectivity index (χ3n) is 5.23. The van der Waals surface area contributed by atoms with E-state index in [1.807, 2.05) is 18.7 Å². The standard InChI is InChI=1S/C24H29ClN4O3/c1-17(2)15-26-23(31)20-5-3-4-6-21(20)27-22(30)16-28-11-13-29(14-12-28)24(32)18-7-9-19(25)10-8-18/h3-10,17H,11-16H2,1-2H3,(H,26,31)(H,27,30). The summed E-state index contributed by atoms with van der Waals surface area (Å²) in [6.45, 7) is 7.11. The van der Waals surface area contributed by atoms with Gasteiger partial charge in [0.1, 0.15) is 0 Å². The van der Waals surface area contributed by atoms with E-state index in [1.54, 1.807) is 53.4 Å². The van der Waals surface area contributed by atoms with Crippen molar-refractivity contribution in [1.29, 1.82) is 0 Å².